The maximum absolute atomic E-state index is 6.11. The van der Waals surface area contributed by atoms with Gasteiger partial charge < -0.3 is 20.1 Å². The molecule has 1 atom stereocenters. The number of nitrogens with zero attached hydrogens (tertiary/aromatic N) is 1. The van der Waals surface area contributed by atoms with Gasteiger partial charge in [-0.2, -0.15) is 0 Å². The van der Waals surface area contributed by atoms with Crippen molar-refractivity contribution in [2.24, 2.45) is 0 Å². The Balaban J connectivity index is 1.77. The van der Waals surface area contributed by atoms with Crippen molar-refractivity contribution in [3.8, 4) is 11.5 Å². The molecular weight excluding hydrogens is 334 g/mol. The van der Waals surface area contributed by atoms with Crippen LogP contribution in [0.25, 0.3) is 0 Å². The van der Waals surface area contributed by atoms with Crippen LogP contribution in [0.15, 0.2) is 36.5 Å². The normalized spacial score (nSPS) is 17.8. The summed E-state index contributed by atoms with van der Waals surface area (Å²) in [7, 11) is 1.65. The monoisotopic (exact) mass is 357 g/mol. The third kappa shape index (κ3) is 4.20. The zero-order chi connectivity index (χ0) is 18.0. The van der Waals surface area contributed by atoms with Crippen LogP contribution in [0, 0.1) is 6.92 Å². The molecule has 2 N–H and O–H groups in total. The highest BCUT2D eigenvalue weighted by molar-refractivity contribution is 7.80. The SMILES string of the molecule is COc1ccc2c(c1)OC(C)(C)C[C@H]2NC(=S)Nc1ccc(C)cn1. The molecule has 0 aliphatic carbocycles. The van der Waals surface area contributed by atoms with Gasteiger partial charge in [0.05, 0.1) is 13.2 Å². The molecule has 2 aromatic rings. The van der Waals surface area contributed by atoms with Gasteiger partial charge in [-0.1, -0.05) is 6.07 Å². The molecule has 1 aliphatic rings. The molecule has 5 nitrogen and oxygen atoms in total. The predicted molar refractivity (Wildman–Crippen MR) is 103 cm³/mol. The summed E-state index contributed by atoms with van der Waals surface area (Å²) >= 11 is 5.47. The number of nitrogens with one attached hydrogen (secondary N) is 2. The number of rotatable bonds is 3. The van der Waals surface area contributed by atoms with E-state index in [2.05, 4.69) is 29.5 Å². The number of fused-ring (bicyclic) bond motifs is 1. The molecule has 3 rings (SSSR count). The van der Waals surface area contributed by atoms with Crippen LogP contribution in [0.2, 0.25) is 0 Å². The zero-order valence-corrected chi connectivity index (χ0v) is 15.7. The van der Waals surface area contributed by atoms with Crippen LogP contribution in [-0.2, 0) is 0 Å². The molecule has 6 heteroatoms. The molecule has 1 aliphatic heterocycles. The van der Waals surface area contributed by atoms with Gasteiger partial charge in [0.15, 0.2) is 5.11 Å². The molecule has 0 saturated carbocycles. The molecule has 0 fully saturated rings. The minimum absolute atomic E-state index is 0.0510. The Morgan fingerprint density at radius 1 is 1.32 bits per heavy atom. The molecule has 0 radical (unpaired) electrons. The van der Waals surface area contributed by atoms with Crippen LogP contribution in [-0.4, -0.2) is 22.8 Å². The van der Waals surface area contributed by atoms with E-state index in [-0.39, 0.29) is 11.6 Å². The van der Waals surface area contributed by atoms with Crippen molar-refractivity contribution >= 4 is 23.1 Å². The molecular formula is C19H23N3O2S. The standard InChI is InChI=1S/C19H23N3O2S/c1-12-5-8-17(20-11-12)22-18(25)21-15-10-19(2,3)24-16-9-13(23-4)6-7-14(15)16/h5-9,11,15H,10H2,1-4H3,(H2,20,21,22,25)/t15-/m1/s1. The molecule has 0 unspecified atom stereocenters. The Kier molecular flexibility index (Phi) is 4.81. The lowest BCUT2D eigenvalue weighted by molar-refractivity contribution is 0.0693. The fraction of sp³-hybridized carbons (Fsp3) is 0.368. The first kappa shape index (κ1) is 17.5. The number of aromatic nitrogens is 1. The maximum Gasteiger partial charge on any atom is 0.172 e. The van der Waals surface area contributed by atoms with Crippen LogP contribution < -0.4 is 20.1 Å². The van der Waals surface area contributed by atoms with E-state index in [9.17, 15) is 0 Å². The number of pyridine rings is 1. The van der Waals surface area contributed by atoms with Crippen LogP contribution in [0.5, 0.6) is 11.5 Å². The summed E-state index contributed by atoms with van der Waals surface area (Å²) < 4.78 is 11.4. The first-order chi connectivity index (χ1) is 11.9. The number of thiocarbonyl (C=S) groups is 1. The van der Waals surface area contributed by atoms with Gasteiger partial charge >= 0.3 is 0 Å². The Morgan fingerprint density at radius 3 is 2.80 bits per heavy atom. The fourth-order valence-corrected chi connectivity index (χ4v) is 3.19. The summed E-state index contributed by atoms with van der Waals surface area (Å²) in [6, 6.07) is 9.84. The number of anilines is 1. The Labute approximate surface area is 153 Å². The first-order valence-electron chi connectivity index (χ1n) is 8.23. The quantitative estimate of drug-likeness (QED) is 0.810. The Hall–Kier alpha value is -2.34. The lowest BCUT2D eigenvalue weighted by Gasteiger charge is -2.38. The highest BCUT2D eigenvalue weighted by Crippen LogP contribution is 2.41. The third-order valence-corrected chi connectivity index (χ3v) is 4.36. The molecule has 0 saturated heterocycles. The average Bonchev–Trinajstić information content (AvgIpc) is 2.55. The molecule has 132 valence electrons. The molecule has 1 aromatic carbocycles. The third-order valence-electron chi connectivity index (χ3n) is 4.14. The van der Waals surface area contributed by atoms with Gasteiger partial charge in [0.2, 0.25) is 0 Å². The van der Waals surface area contributed by atoms with Gasteiger partial charge in [-0.25, -0.2) is 4.98 Å². The van der Waals surface area contributed by atoms with Gasteiger partial charge in [0.1, 0.15) is 22.9 Å². The number of hydrogen-bond acceptors (Lipinski definition) is 4. The molecule has 0 bridgehead atoms. The van der Waals surface area contributed by atoms with E-state index in [1.165, 1.54) is 0 Å². The Morgan fingerprint density at radius 2 is 2.12 bits per heavy atom. The summed E-state index contributed by atoms with van der Waals surface area (Å²) in [6.07, 6.45) is 2.61. The van der Waals surface area contributed by atoms with Crippen molar-refractivity contribution in [1.29, 1.82) is 0 Å². The maximum atomic E-state index is 6.11. The number of hydrogen-bond donors (Lipinski definition) is 2. The van der Waals surface area contributed by atoms with Gasteiger partial charge in [-0.05, 0) is 56.8 Å². The smallest absolute Gasteiger partial charge is 0.172 e. The van der Waals surface area contributed by atoms with Crippen LogP contribution in [0.4, 0.5) is 5.82 Å². The highest BCUT2D eigenvalue weighted by atomic mass is 32.1. The second-order valence-corrected chi connectivity index (χ2v) is 7.25. The van der Waals surface area contributed by atoms with Crippen molar-refractivity contribution in [1.82, 2.24) is 10.3 Å². The van der Waals surface area contributed by atoms with Crippen molar-refractivity contribution in [2.75, 3.05) is 12.4 Å². The number of methoxy groups -OCH3 is 1. The van der Waals surface area contributed by atoms with E-state index in [0.717, 1.165) is 34.9 Å². The molecule has 0 amide bonds. The summed E-state index contributed by atoms with van der Waals surface area (Å²) in [6.45, 7) is 6.15. The van der Waals surface area contributed by atoms with Crippen molar-refractivity contribution in [3.05, 3.63) is 47.7 Å². The van der Waals surface area contributed by atoms with Crippen LogP contribution >= 0.6 is 12.2 Å². The highest BCUT2D eigenvalue weighted by Gasteiger charge is 2.34. The lowest BCUT2D eigenvalue weighted by atomic mass is 9.89. The first-order valence-corrected chi connectivity index (χ1v) is 8.64. The topological polar surface area (TPSA) is 55.4 Å². The van der Waals surface area contributed by atoms with Crippen LogP contribution in [0.3, 0.4) is 0 Å². The van der Waals surface area contributed by atoms with E-state index in [1.807, 2.05) is 43.5 Å². The molecule has 2 heterocycles. The predicted octanol–water partition coefficient (Wildman–Crippen LogP) is 3.99. The van der Waals surface area contributed by atoms with Gasteiger partial charge in [-0.15, -0.1) is 0 Å². The van der Waals surface area contributed by atoms with E-state index in [0.29, 0.717) is 5.11 Å². The average molecular weight is 357 g/mol. The number of ether oxygens (including phenoxy) is 2. The van der Waals surface area contributed by atoms with E-state index >= 15 is 0 Å². The molecule has 1 aromatic heterocycles. The van der Waals surface area contributed by atoms with E-state index in [1.54, 1.807) is 7.11 Å². The van der Waals surface area contributed by atoms with E-state index in [4.69, 9.17) is 21.7 Å². The van der Waals surface area contributed by atoms with E-state index < -0.39 is 0 Å². The molecule has 0 spiro atoms. The number of aryl methyl sites for hydroxylation is 1. The van der Waals surface area contributed by atoms with Crippen molar-refractivity contribution in [2.45, 2.75) is 38.8 Å². The zero-order valence-electron chi connectivity index (χ0n) is 14.9. The second kappa shape index (κ2) is 6.88. The largest absolute Gasteiger partial charge is 0.497 e. The minimum atomic E-state index is -0.297. The number of benzene rings is 1. The Bertz CT molecular complexity index is 775. The summed E-state index contributed by atoms with van der Waals surface area (Å²) in [5.74, 6) is 2.33. The summed E-state index contributed by atoms with van der Waals surface area (Å²) in [5.41, 5.74) is 1.88. The van der Waals surface area contributed by atoms with Gasteiger partial charge in [-0.3, -0.25) is 0 Å². The van der Waals surface area contributed by atoms with Crippen molar-refractivity contribution in [3.63, 3.8) is 0 Å². The van der Waals surface area contributed by atoms with Gasteiger partial charge in [0.25, 0.3) is 0 Å². The van der Waals surface area contributed by atoms with Gasteiger partial charge in [0, 0.05) is 24.2 Å². The minimum Gasteiger partial charge on any atom is -0.497 e. The molecule has 25 heavy (non-hydrogen) atoms. The lowest BCUT2D eigenvalue weighted by Crippen LogP contribution is -2.42. The van der Waals surface area contributed by atoms with Crippen molar-refractivity contribution < 1.29 is 9.47 Å². The summed E-state index contributed by atoms with van der Waals surface area (Å²) in [4.78, 5) is 4.33. The fourth-order valence-electron chi connectivity index (χ4n) is 2.94. The summed E-state index contributed by atoms with van der Waals surface area (Å²) in [5, 5.41) is 7.07. The second-order valence-electron chi connectivity index (χ2n) is 6.84. The van der Waals surface area contributed by atoms with Crippen LogP contribution in [0.1, 0.15) is 37.4 Å².